The Balaban J connectivity index is 0.000000429. The van der Waals surface area contributed by atoms with Crippen molar-refractivity contribution in [1.82, 2.24) is 14.7 Å². The maximum absolute atomic E-state index is 4.93. The number of hydrogen-bond acceptors (Lipinski definition) is 6. The zero-order valence-corrected chi connectivity index (χ0v) is 27.3. The average molecular weight is 732 g/mol. The molecule has 0 aliphatic carbocycles. The molecule has 3 aliphatic rings. The number of hydrogen-bond donors (Lipinski definition) is 0. The molecule has 3 aliphatic heterocycles. The van der Waals surface area contributed by atoms with Crippen LogP contribution in [0.3, 0.4) is 0 Å². The van der Waals surface area contributed by atoms with Gasteiger partial charge in [-0.05, 0) is 78.6 Å². The van der Waals surface area contributed by atoms with Gasteiger partial charge in [0.05, 0.1) is 0 Å². The molecule has 3 saturated heterocycles. The second-order valence-corrected chi connectivity index (χ2v) is 11.5. The van der Waals surface area contributed by atoms with E-state index in [-0.39, 0.29) is 26.2 Å². The molecule has 0 amide bonds. The molecule has 3 heterocycles. The van der Waals surface area contributed by atoms with Gasteiger partial charge in [-0.25, -0.2) is 0 Å². The van der Waals surface area contributed by atoms with Gasteiger partial charge < -0.3 is 89.2 Å². The standard InChI is InChI=1S/3C7H13NS2.Bi/c3*1-6-4-2-3-5-8(6)7(9)10;/h3*6H,2-5H2,1H3,(H,9,10);/q;;;+3/p-3. The molecule has 0 N–H and O–H groups in total. The Labute approximate surface area is 242 Å². The first-order valence-corrected chi connectivity index (χ1v) is 13.5. The van der Waals surface area contributed by atoms with Crippen molar-refractivity contribution in [2.24, 2.45) is 0 Å². The summed E-state index contributed by atoms with van der Waals surface area (Å²) in [6.45, 7) is 9.80. The van der Waals surface area contributed by atoms with Crippen molar-refractivity contribution >= 4 is 114 Å². The van der Waals surface area contributed by atoms with Gasteiger partial charge in [0.25, 0.3) is 0 Å². The van der Waals surface area contributed by atoms with E-state index in [9.17, 15) is 0 Å². The van der Waals surface area contributed by atoms with E-state index in [2.05, 4.69) is 35.5 Å². The summed E-state index contributed by atoms with van der Waals surface area (Å²) < 4.78 is 1.94. The third kappa shape index (κ3) is 12.5. The molecule has 0 aromatic carbocycles. The molecule has 0 aromatic heterocycles. The molecular weight excluding hydrogens is 696 g/mol. The quantitative estimate of drug-likeness (QED) is 0.198. The summed E-state index contributed by atoms with van der Waals surface area (Å²) in [6, 6.07) is 1.75. The van der Waals surface area contributed by atoms with Gasteiger partial charge in [0, 0.05) is 37.8 Å². The molecule has 0 spiro atoms. The molecule has 2 radical (unpaired) electrons. The third-order valence-electron chi connectivity index (χ3n) is 6.11. The van der Waals surface area contributed by atoms with Gasteiger partial charge in [0.15, 0.2) is 0 Å². The van der Waals surface area contributed by atoms with Crippen molar-refractivity contribution in [1.29, 1.82) is 0 Å². The minimum atomic E-state index is 0. The maximum atomic E-state index is 4.93. The van der Waals surface area contributed by atoms with Crippen molar-refractivity contribution in [3.05, 3.63) is 0 Å². The van der Waals surface area contributed by atoms with Crippen molar-refractivity contribution in [3.63, 3.8) is 0 Å². The Hall–Kier alpha value is 1.21. The first-order chi connectivity index (χ1) is 14.1. The van der Waals surface area contributed by atoms with Crippen LogP contribution in [0.1, 0.15) is 78.6 Å². The summed E-state index contributed by atoms with van der Waals surface area (Å²) in [6.07, 6.45) is 11.5. The number of thiocarbonyl (C=S) groups is 3. The monoisotopic (exact) mass is 731 g/mol. The first-order valence-electron chi connectivity index (χ1n) is 11.1. The zero-order chi connectivity index (χ0) is 22.7. The van der Waals surface area contributed by atoms with Gasteiger partial charge in [-0.15, -0.1) is 0 Å². The zero-order valence-electron chi connectivity index (χ0n) is 19.0. The fourth-order valence-electron chi connectivity index (χ4n) is 4.11. The van der Waals surface area contributed by atoms with Crippen molar-refractivity contribution in [3.8, 4) is 0 Å². The number of rotatable bonds is 0. The summed E-state index contributed by atoms with van der Waals surface area (Å²) in [7, 11) is 0. The normalized spacial score (nSPS) is 25.6. The van der Waals surface area contributed by atoms with E-state index in [1.54, 1.807) is 0 Å². The minimum Gasteiger partial charge on any atom is -0.411 e. The summed E-state index contributed by atoms with van der Waals surface area (Å²) in [5, 5.41) is 0. The Morgan fingerprint density at radius 3 is 0.903 bits per heavy atom. The van der Waals surface area contributed by atoms with Gasteiger partial charge in [-0.3, -0.25) is 0 Å². The minimum absolute atomic E-state index is 0. The van der Waals surface area contributed by atoms with Crippen LogP contribution in [0, 0.1) is 0 Å². The van der Waals surface area contributed by atoms with E-state index in [4.69, 9.17) is 74.5 Å². The van der Waals surface area contributed by atoms with Crippen LogP contribution in [0.25, 0.3) is 0 Å². The van der Waals surface area contributed by atoms with Crippen LogP contribution in [-0.4, -0.2) is 91.6 Å². The summed E-state index contributed by atoms with van der Waals surface area (Å²) in [5.41, 5.74) is 0. The Bertz CT molecular complexity index is 489. The predicted molar refractivity (Wildman–Crippen MR) is 156 cm³/mol. The smallest absolute Gasteiger partial charge is 0.411 e. The van der Waals surface area contributed by atoms with E-state index in [0.29, 0.717) is 31.1 Å². The van der Waals surface area contributed by atoms with Gasteiger partial charge >= 0.3 is 26.2 Å². The van der Waals surface area contributed by atoms with Crippen LogP contribution in [0.15, 0.2) is 0 Å². The molecule has 31 heavy (non-hydrogen) atoms. The second kappa shape index (κ2) is 17.6. The van der Waals surface area contributed by atoms with Crippen LogP contribution < -0.4 is 0 Å². The molecule has 0 saturated carbocycles. The van der Waals surface area contributed by atoms with Crippen LogP contribution in [0.5, 0.6) is 0 Å². The van der Waals surface area contributed by atoms with Crippen LogP contribution in [0.2, 0.25) is 0 Å². The molecule has 3 unspecified atom stereocenters. The van der Waals surface area contributed by atoms with Crippen molar-refractivity contribution in [2.45, 2.75) is 96.7 Å². The van der Waals surface area contributed by atoms with Crippen molar-refractivity contribution in [2.75, 3.05) is 19.6 Å². The van der Waals surface area contributed by atoms with E-state index in [1.165, 1.54) is 57.8 Å². The fraction of sp³-hybridized carbons (Fsp3) is 0.857. The van der Waals surface area contributed by atoms with Crippen LogP contribution in [0.4, 0.5) is 0 Å². The topological polar surface area (TPSA) is 9.72 Å². The molecule has 0 bridgehead atoms. The second-order valence-electron chi connectivity index (χ2n) is 8.41. The van der Waals surface area contributed by atoms with E-state index in [0.717, 1.165) is 19.6 Å². The van der Waals surface area contributed by atoms with Crippen LogP contribution >= 0.6 is 36.7 Å². The third-order valence-corrected chi connectivity index (χ3v) is 7.52. The SMILES string of the molecule is CC1CCCCN1C(=S)[S-].CC1CCCCN1C(=S)[S-].CC1CCCCN1C(=S)[S-].[Bi+3]. The average Bonchev–Trinajstić information content (AvgIpc) is 2.69. The van der Waals surface area contributed by atoms with Gasteiger partial charge in [-0.2, -0.15) is 0 Å². The largest absolute Gasteiger partial charge is 3.00 e. The Morgan fingerprint density at radius 1 is 0.548 bits per heavy atom. The summed E-state index contributed by atoms with van der Waals surface area (Å²) in [5.74, 6) is 0. The number of piperidine rings is 3. The number of likely N-dealkylation sites (tertiary alicyclic amines) is 3. The Morgan fingerprint density at radius 2 is 0.774 bits per heavy atom. The molecule has 0 aromatic rings. The van der Waals surface area contributed by atoms with Gasteiger partial charge in [-0.1, -0.05) is 13.0 Å². The molecule has 3 rings (SSSR count). The Kier molecular flexibility index (Phi) is 18.3. The van der Waals surface area contributed by atoms with E-state index in [1.807, 2.05) is 0 Å². The van der Waals surface area contributed by atoms with Gasteiger partial charge in [0.2, 0.25) is 0 Å². The van der Waals surface area contributed by atoms with E-state index >= 15 is 0 Å². The van der Waals surface area contributed by atoms with E-state index < -0.39 is 0 Å². The number of nitrogens with zero attached hydrogens (tertiary/aromatic N) is 3. The molecule has 10 heteroatoms. The molecule has 176 valence electrons. The molecule has 3 atom stereocenters. The molecule has 3 fully saturated rings. The molecule has 3 nitrogen and oxygen atoms in total. The fourth-order valence-corrected chi connectivity index (χ4v) is 5.74. The maximum Gasteiger partial charge on any atom is 3.00 e. The molecular formula is C21H36BiN3S6. The van der Waals surface area contributed by atoms with Gasteiger partial charge in [0.1, 0.15) is 0 Å². The summed E-state index contributed by atoms with van der Waals surface area (Å²) in [4.78, 5) is 6.44. The van der Waals surface area contributed by atoms with Crippen molar-refractivity contribution < 1.29 is 0 Å². The van der Waals surface area contributed by atoms with Crippen LogP contribution in [-0.2, 0) is 37.9 Å². The first kappa shape index (κ1) is 32.2. The predicted octanol–water partition coefficient (Wildman–Crippen LogP) is 4.70. The summed E-state index contributed by atoms with van der Waals surface area (Å²) >= 11 is 29.6.